The summed E-state index contributed by atoms with van der Waals surface area (Å²) in [7, 11) is 0. The average Bonchev–Trinajstić information content (AvgIpc) is 2.70. The third-order valence-electron chi connectivity index (χ3n) is 2.64. The summed E-state index contributed by atoms with van der Waals surface area (Å²) in [5.41, 5.74) is -0.383. The van der Waals surface area contributed by atoms with E-state index in [1.165, 1.54) is 0 Å². The van der Waals surface area contributed by atoms with Crippen LogP contribution in [0.5, 0.6) is 0 Å². The van der Waals surface area contributed by atoms with Gasteiger partial charge in [-0.25, -0.2) is 4.98 Å². The Morgan fingerprint density at radius 1 is 1.67 bits per heavy atom. The van der Waals surface area contributed by atoms with Gasteiger partial charge in [0.1, 0.15) is 6.20 Å². The number of rotatable bonds is 3. The molecule has 1 aliphatic rings. The lowest BCUT2D eigenvalue weighted by Gasteiger charge is -2.14. The molecule has 9 heteroatoms. The van der Waals surface area contributed by atoms with E-state index < -0.39 is 4.92 Å². The third-order valence-corrected chi connectivity index (χ3v) is 2.82. The zero-order valence-electron chi connectivity index (χ0n) is 9.11. The standard InChI is InChI=1S/C9H9ClN4O4/c10-9-11-2-6(14(17)18)8(12-9)13-3-5(4-15)1-7(13)16/h2,5,15H,1,3-4H2. The SMILES string of the molecule is O=C1CC(CO)CN1c1nc(Cl)ncc1[N+](=O)[O-]. The summed E-state index contributed by atoms with van der Waals surface area (Å²) in [6.45, 7) is 0.0262. The molecule has 2 heterocycles. The van der Waals surface area contributed by atoms with Crippen molar-refractivity contribution < 1.29 is 14.8 Å². The van der Waals surface area contributed by atoms with Crippen molar-refractivity contribution in [2.24, 2.45) is 5.92 Å². The number of carbonyl (C=O) groups is 1. The summed E-state index contributed by atoms with van der Waals surface area (Å²) < 4.78 is 0. The Bertz CT molecular complexity index is 509. The van der Waals surface area contributed by atoms with Crippen molar-refractivity contribution in [2.45, 2.75) is 6.42 Å². The molecule has 1 saturated heterocycles. The summed E-state index contributed by atoms with van der Waals surface area (Å²) in [5.74, 6) is -0.696. The topological polar surface area (TPSA) is 109 Å². The summed E-state index contributed by atoms with van der Waals surface area (Å²) in [6.07, 6.45) is 1.10. The number of hydrogen-bond donors (Lipinski definition) is 1. The van der Waals surface area contributed by atoms with Crippen molar-refractivity contribution in [2.75, 3.05) is 18.1 Å². The van der Waals surface area contributed by atoms with Crippen LogP contribution in [0.4, 0.5) is 11.5 Å². The lowest BCUT2D eigenvalue weighted by molar-refractivity contribution is -0.384. The lowest BCUT2D eigenvalue weighted by Crippen LogP contribution is -2.27. The van der Waals surface area contributed by atoms with Crippen molar-refractivity contribution >= 4 is 29.0 Å². The van der Waals surface area contributed by atoms with Crippen LogP contribution in [0.3, 0.4) is 0 Å². The largest absolute Gasteiger partial charge is 0.396 e. The van der Waals surface area contributed by atoms with Gasteiger partial charge in [-0.2, -0.15) is 4.98 Å². The van der Waals surface area contributed by atoms with Crippen molar-refractivity contribution in [3.05, 3.63) is 21.6 Å². The molecule has 18 heavy (non-hydrogen) atoms. The van der Waals surface area contributed by atoms with Gasteiger partial charge in [-0.3, -0.25) is 19.8 Å². The van der Waals surface area contributed by atoms with Crippen molar-refractivity contribution in [1.29, 1.82) is 0 Å². The monoisotopic (exact) mass is 272 g/mol. The van der Waals surface area contributed by atoms with E-state index in [9.17, 15) is 14.9 Å². The van der Waals surface area contributed by atoms with Crippen LogP contribution in [0.1, 0.15) is 6.42 Å². The lowest BCUT2D eigenvalue weighted by atomic mass is 10.1. The van der Waals surface area contributed by atoms with E-state index in [-0.39, 0.29) is 48.2 Å². The summed E-state index contributed by atoms with van der Waals surface area (Å²) in [5, 5.41) is 19.7. The highest BCUT2D eigenvalue weighted by Crippen LogP contribution is 2.31. The van der Waals surface area contributed by atoms with Gasteiger partial charge in [-0.15, -0.1) is 0 Å². The van der Waals surface area contributed by atoms with Gasteiger partial charge in [0, 0.05) is 25.5 Å². The van der Waals surface area contributed by atoms with Crippen molar-refractivity contribution in [3.63, 3.8) is 0 Å². The molecule has 1 atom stereocenters. The average molecular weight is 273 g/mol. The fraction of sp³-hybridized carbons (Fsp3) is 0.444. The minimum absolute atomic E-state index is 0.124. The van der Waals surface area contributed by atoms with Crippen LogP contribution in [0, 0.1) is 16.0 Å². The predicted molar refractivity (Wildman–Crippen MR) is 61.2 cm³/mol. The smallest absolute Gasteiger partial charge is 0.330 e. The van der Waals surface area contributed by atoms with E-state index in [1.54, 1.807) is 0 Å². The van der Waals surface area contributed by atoms with E-state index in [1.807, 2.05) is 0 Å². The van der Waals surface area contributed by atoms with Crippen LogP contribution in [-0.4, -0.2) is 39.1 Å². The number of anilines is 1. The molecule has 1 N–H and O–H groups in total. The zero-order valence-corrected chi connectivity index (χ0v) is 9.87. The minimum atomic E-state index is -0.675. The van der Waals surface area contributed by atoms with E-state index in [0.29, 0.717) is 0 Å². The number of amides is 1. The van der Waals surface area contributed by atoms with Crippen LogP contribution in [-0.2, 0) is 4.79 Å². The normalized spacial score (nSPS) is 19.3. The predicted octanol–water partition coefficient (Wildman–Crippen LogP) is 0.383. The molecule has 0 aliphatic carbocycles. The molecule has 1 fully saturated rings. The summed E-state index contributed by atoms with van der Waals surface area (Å²) >= 11 is 5.59. The quantitative estimate of drug-likeness (QED) is 0.484. The Kier molecular flexibility index (Phi) is 3.39. The maximum absolute atomic E-state index is 11.7. The van der Waals surface area contributed by atoms with Gasteiger partial charge in [-0.05, 0) is 11.6 Å². The van der Waals surface area contributed by atoms with Gasteiger partial charge in [-0.1, -0.05) is 0 Å². The number of nitrogens with zero attached hydrogens (tertiary/aromatic N) is 4. The molecule has 1 unspecified atom stereocenters. The second kappa shape index (κ2) is 4.83. The van der Waals surface area contributed by atoms with Crippen LogP contribution in [0.15, 0.2) is 6.20 Å². The first kappa shape index (κ1) is 12.7. The van der Waals surface area contributed by atoms with Gasteiger partial charge >= 0.3 is 5.69 Å². The molecule has 0 aromatic carbocycles. The van der Waals surface area contributed by atoms with Crippen LogP contribution in [0.25, 0.3) is 0 Å². The van der Waals surface area contributed by atoms with E-state index in [4.69, 9.17) is 16.7 Å². The fourth-order valence-corrected chi connectivity index (χ4v) is 1.91. The molecule has 8 nitrogen and oxygen atoms in total. The first-order valence-corrected chi connectivity index (χ1v) is 5.49. The molecule has 96 valence electrons. The maximum Gasteiger partial charge on any atom is 0.330 e. The first-order valence-electron chi connectivity index (χ1n) is 5.11. The summed E-state index contributed by atoms with van der Waals surface area (Å²) in [4.78, 5) is 30.3. The molecule has 0 bridgehead atoms. The molecular formula is C9H9ClN4O4. The number of aromatic nitrogens is 2. The molecule has 1 aromatic heterocycles. The second-order valence-electron chi connectivity index (χ2n) is 3.86. The Hall–Kier alpha value is -1.80. The number of aliphatic hydroxyl groups is 1. The van der Waals surface area contributed by atoms with Crippen molar-refractivity contribution in [3.8, 4) is 0 Å². The summed E-state index contributed by atoms with van der Waals surface area (Å²) in [6, 6.07) is 0. The molecular weight excluding hydrogens is 264 g/mol. The number of hydrogen-bond acceptors (Lipinski definition) is 6. The Labute approximate surface area is 106 Å². The number of aliphatic hydroxyl groups excluding tert-OH is 1. The van der Waals surface area contributed by atoms with E-state index in [0.717, 1.165) is 11.1 Å². The minimum Gasteiger partial charge on any atom is -0.396 e. The second-order valence-corrected chi connectivity index (χ2v) is 4.20. The van der Waals surface area contributed by atoms with Crippen LogP contribution >= 0.6 is 11.6 Å². The van der Waals surface area contributed by atoms with Gasteiger partial charge in [0.25, 0.3) is 0 Å². The zero-order chi connectivity index (χ0) is 13.3. The number of carbonyl (C=O) groups excluding carboxylic acids is 1. The maximum atomic E-state index is 11.7. The third kappa shape index (κ3) is 2.24. The van der Waals surface area contributed by atoms with E-state index in [2.05, 4.69) is 9.97 Å². The van der Waals surface area contributed by atoms with Crippen LogP contribution < -0.4 is 4.90 Å². The Balaban J connectivity index is 2.41. The van der Waals surface area contributed by atoms with Gasteiger partial charge in [0.05, 0.1) is 4.92 Å². The highest BCUT2D eigenvalue weighted by molar-refractivity contribution is 6.28. The Morgan fingerprint density at radius 3 is 2.94 bits per heavy atom. The first-order chi connectivity index (χ1) is 8.52. The van der Waals surface area contributed by atoms with Crippen LogP contribution in [0.2, 0.25) is 5.28 Å². The number of halogens is 1. The molecule has 2 rings (SSSR count). The molecule has 0 saturated carbocycles. The highest BCUT2D eigenvalue weighted by atomic mass is 35.5. The molecule has 1 amide bonds. The van der Waals surface area contributed by atoms with Crippen molar-refractivity contribution in [1.82, 2.24) is 9.97 Å². The molecule has 0 radical (unpaired) electrons. The molecule has 1 aromatic rings. The molecule has 1 aliphatic heterocycles. The Morgan fingerprint density at radius 2 is 2.39 bits per heavy atom. The van der Waals surface area contributed by atoms with Gasteiger partial charge in [0.2, 0.25) is 17.0 Å². The number of nitro groups is 1. The van der Waals surface area contributed by atoms with Gasteiger partial charge < -0.3 is 5.11 Å². The fourth-order valence-electron chi connectivity index (χ4n) is 1.78. The molecule has 0 spiro atoms. The van der Waals surface area contributed by atoms with Gasteiger partial charge in [0.15, 0.2) is 0 Å². The highest BCUT2D eigenvalue weighted by Gasteiger charge is 2.35. The van der Waals surface area contributed by atoms with E-state index >= 15 is 0 Å².